The van der Waals surface area contributed by atoms with Gasteiger partial charge in [-0.3, -0.25) is 10.1 Å². The Kier molecular flexibility index (Phi) is 4.04. The number of rotatable bonds is 3. The molecule has 3 nitrogen and oxygen atoms in total. The fraction of sp³-hybridized carbons (Fsp3) is 0.400. The van der Waals surface area contributed by atoms with E-state index in [9.17, 15) is 10.1 Å². The highest BCUT2D eigenvalue weighted by Crippen LogP contribution is 2.29. The van der Waals surface area contributed by atoms with Crippen molar-refractivity contribution in [2.45, 2.75) is 20.8 Å². The molecule has 82 valence electrons. The van der Waals surface area contributed by atoms with Crippen LogP contribution in [0.15, 0.2) is 16.2 Å². The lowest BCUT2D eigenvalue weighted by Crippen LogP contribution is -2.04. The van der Waals surface area contributed by atoms with Gasteiger partial charge >= 0.3 is 0 Å². The summed E-state index contributed by atoms with van der Waals surface area (Å²) in [7, 11) is 0. The molecule has 0 aliphatic rings. The Labute approximate surface area is 101 Å². The molecule has 0 atom stereocenters. The highest BCUT2D eigenvalue weighted by atomic mass is 79.9. The molecule has 0 spiro atoms. The van der Waals surface area contributed by atoms with Crippen LogP contribution >= 0.6 is 27.3 Å². The zero-order chi connectivity index (χ0) is 11.6. The van der Waals surface area contributed by atoms with Gasteiger partial charge in [-0.15, -0.1) is 11.3 Å². The summed E-state index contributed by atoms with van der Waals surface area (Å²) in [5, 5.41) is 10.8. The van der Waals surface area contributed by atoms with Crippen molar-refractivity contribution in [3.63, 3.8) is 0 Å². The van der Waals surface area contributed by atoms with Crippen LogP contribution in [0.4, 0.5) is 0 Å². The number of nitrogens with zero attached hydrogens (tertiary/aromatic N) is 1. The molecule has 0 unspecified atom stereocenters. The topological polar surface area (TPSA) is 43.1 Å². The normalized spacial score (nSPS) is 12.2. The van der Waals surface area contributed by atoms with Crippen LogP contribution in [0.2, 0.25) is 0 Å². The molecular weight excluding hydrogens is 278 g/mol. The molecule has 5 heteroatoms. The van der Waals surface area contributed by atoms with Gasteiger partial charge in [-0.05, 0) is 28.9 Å². The molecule has 0 aliphatic carbocycles. The highest BCUT2D eigenvalue weighted by Gasteiger charge is 2.16. The molecule has 1 rings (SSSR count). The third kappa shape index (κ3) is 3.14. The van der Waals surface area contributed by atoms with E-state index in [1.807, 2.05) is 26.8 Å². The van der Waals surface area contributed by atoms with Gasteiger partial charge in [0.2, 0.25) is 5.70 Å². The Bertz CT molecular complexity index is 390. The predicted octanol–water partition coefficient (Wildman–Crippen LogP) is 4.09. The molecule has 15 heavy (non-hydrogen) atoms. The molecule has 0 fully saturated rings. The summed E-state index contributed by atoms with van der Waals surface area (Å²) in [5.74, 6) is -0.0684. The molecule has 1 aromatic rings. The van der Waals surface area contributed by atoms with Gasteiger partial charge < -0.3 is 0 Å². The van der Waals surface area contributed by atoms with E-state index in [4.69, 9.17) is 0 Å². The van der Waals surface area contributed by atoms with E-state index in [2.05, 4.69) is 15.9 Å². The summed E-state index contributed by atoms with van der Waals surface area (Å²) in [6.07, 6.45) is 1.65. The average molecular weight is 290 g/mol. The minimum absolute atomic E-state index is 0.0684. The standard InChI is InChI=1S/C10H12BrNO2S/c1-6(2)10(12(13)14)5-8-4-9(11)7(3)15-8/h4-6H,1-3H3. The van der Waals surface area contributed by atoms with Crippen LogP contribution in [-0.2, 0) is 0 Å². The SMILES string of the molecule is Cc1sc(C=C(C(C)C)[N+](=O)[O-])cc1Br. The van der Waals surface area contributed by atoms with Crippen molar-refractivity contribution in [1.29, 1.82) is 0 Å². The first-order valence-electron chi connectivity index (χ1n) is 4.53. The molecule has 1 heterocycles. The summed E-state index contributed by atoms with van der Waals surface area (Å²) < 4.78 is 1.00. The monoisotopic (exact) mass is 289 g/mol. The second kappa shape index (κ2) is 4.90. The fourth-order valence-electron chi connectivity index (χ4n) is 1.13. The maximum atomic E-state index is 10.8. The molecule has 0 amide bonds. The Morgan fingerprint density at radius 3 is 2.60 bits per heavy atom. The third-order valence-electron chi connectivity index (χ3n) is 1.97. The Hall–Kier alpha value is -0.680. The van der Waals surface area contributed by atoms with Crippen molar-refractivity contribution in [3.05, 3.63) is 36.1 Å². The number of hydrogen-bond donors (Lipinski definition) is 0. The van der Waals surface area contributed by atoms with E-state index in [0.29, 0.717) is 0 Å². The van der Waals surface area contributed by atoms with Crippen molar-refractivity contribution < 1.29 is 4.92 Å². The number of halogens is 1. The van der Waals surface area contributed by atoms with E-state index in [1.165, 1.54) is 0 Å². The predicted molar refractivity (Wildman–Crippen MR) is 66.6 cm³/mol. The third-order valence-corrected chi connectivity index (χ3v) is 4.05. The molecule has 0 saturated carbocycles. The first kappa shape index (κ1) is 12.4. The maximum absolute atomic E-state index is 10.8. The molecular formula is C10H12BrNO2S. The van der Waals surface area contributed by atoms with Crippen LogP contribution in [0.3, 0.4) is 0 Å². The van der Waals surface area contributed by atoms with Crippen LogP contribution in [-0.4, -0.2) is 4.92 Å². The lowest BCUT2D eigenvalue weighted by atomic mass is 10.1. The van der Waals surface area contributed by atoms with Crippen molar-refractivity contribution >= 4 is 33.3 Å². The summed E-state index contributed by atoms with van der Waals surface area (Å²) in [6, 6.07) is 1.91. The first-order valence-corrected chi connectivity index (χ1v) is 6.14. The highest BCUT2D eigenvalue weighted by molar-refractivity contribution is 9.10. The summed E-state index contributed by atoms with van der Waals surface area (Å²) in [5.41, 5.74) is 0.253. The number of allylic oxidation sites excluding steroid dienone is 1. The van der Waals surface area contributed by atoms with Gasteiger partial charge in [0.25, 0.3) is 0 Å². The largest absolute Gasteiger partial charge is 0.259 e. The van der Waals surface area contributed by atoms with Gasteiger partial charge in [0.15, 0.2) is 0 Å². The van der Waals surface area contributed by atoms with Gasteiger partial charge in [0.1, 0.15) is 0 Å². The minimum atomic E-state index is -0.312. The van der Waals surface area contributed by atoms with Crippen molar-refractivity contribution in [2.75, 3.05) is 0 Å². The van der Waals surface area contributed by atoms with Crippen molar-refractivity contribution in [1.82, 2.24) is 0 Å². The number of thiophene rings is 1. The van der Waals surface area contributed by atoms with E-state index < -0.39 is 0 Å². The smallest absolute Gasteiger partial charge is 0.250 e. The molecule has 0 aliphatic heterocycles. The molecule has 0 aromatic carbocycles. The summed E-state index contributed by atoms with van der Waals surface area (Å²) in [6.45, 7) is 5.63. The molecule has 0 radical (unpaired) electrons. The van der Waals surface area contributed by atoms with Crippen molar-refractivity contribution in [3.8, 4) is 0 Å². The van der Waals surface area contributed by atoms with Gasteiger partial charge in [0, 0.05) is 26.2 Å². The maximum Gasteiger partial charge on any atom is 0.250 e. The van der Waals surface area contributed by atoms with Gasteiger partial charge in [-0.2, -0.15) is 0 Å². The second-order valence-electron chi connectivity index (χ2n) is 3.53. The Morgan fingerprint density at radius 1 is 1.67 bits per heavy atom. The quantitative estimate of drug-likeness (QED) is 0.621. The molecule has 0 N–H and O–H groups in total. The second-order valence-corrected chi connectivity index (χ2v) is 5.68. The van der Waals surface area contributed by atoms with E-state index in [0.717, 1.165) is 14.2 Å². The first-order chi connectivity index (χ1) is 6.91. The van der Waals surface area contributed by atoms with Crippen LogP contribution in [0, 0.1) is 23.0 Å². The fourth-order valence-corrected chi connectivity index (χ4v) is 2.64. The Morgan fingerprint density at radius 2 is 2.27 bits per heavy atom. The van der Waals surface area contributed by atoms with E-state index >= 15 is 0 Å². The lowest BCUT2D eigenvalue weighted by Gasteiger charge is -1.99. The van der Waals surface area contributed by atoms with Crippen LogP contribution in [0.1, 0.15) is 23.6 Å². The molecule has 0 bridgehead atoms. The zero-order valence-corrected chi connectivity index (χ0v) is 11.2. The molecule has 0 saturated heterocycles. The van der Waals surface area contributed by atoms with Gasteiger partial charge in [-0.1, -0.05) is 13.8 Å². The van der Waals surface area contributed by atoms with Crippen LogP contribution in [0.5, 0.6) is 0 Å². The summed E-state index contributed by atoms with van der Waals surface area (Å²) in [4.78, 5) is 12.5. The zero-order valence-electron chi connectivity index (χ0n) is 8.78. The minimum Gasteiger partial charge on any atom is -0.259 e. The van der Waals surface area contributed by atoms with Crippen molar-refractivity contribution in [2.24, 2.45) is 5.92 Å². The Balaban J connectivity index is 3.07. The lowest BCUT2D eigenvalue weighted by molar-refractivity contribution is -0.431. The number of aryl methyl sites for hydroxylation is 1. The molecule has 1 aromatic heterocycles. The summed E-state index contributed by atoms with van der Waals surface area (Å²) >= 11 is 4.94. The number of hydrogen-bond acceptors (Lipinski definition) is 3. The van der Waals surface area contributed by atoms with E-state index in [1.54, 1.807) is 17.4 Å². The van der Waals surface area contributed by atoms with Gasteiger partial charge in [0.05, 0.1) is 4.92 Å². The number of nitro groups is 1. The van der Waals surface area contributed by atoms with E-state index in [-0.39, 0.29) is 16.5 Å². The van der Waals surface area contributed by atoms with Gasteiger partial charge in [-0.25, -0.2) is 0 Å². The average Bonchev–Trinajstić information content (AvgIpc) is 2.41. The van der Waals surface area contributed by atoms with Crippen LogP contribution < -0.4 is 0 Å². The van der Waals surface area contributed by atoms with Crippen LogP contribution in [0.25, 0.3) is 6.08 Å².